The fourth-order valence-electron chi connectivity index (χ4n) is 1.43. The van der Waals surface area contributed by atoms with Crippen LogP contribution in [-0.4, -0.2) is 5.11 Å². The Kier molecular flexibility index (Phi) is 2.30. The van der Waals surface area contributed by atoms with Gasteiger partial charge in [-0.05, 0) is 34.0 Å². The van der Waals surface area contributed by atoms with E-state index >= 15 is 0 Å². The van der Waals surface area contributed by atoms with Gasteiger partial charge in [0.25, 0.3) is 0 Å². The largest absolute Gasteiger partial charge is 0.507 e. The molecular weight excluding hydrogens is 248 g/mol. The molecule has 0 unspecified atom stereocenters. The van der Waals surface area contributed by atoms with Crippen LogP contribution in [0.2, 0.25) is 0 Å². The monoisotopic (exact) mass is 256 g/mol. The third-order valence-corrected chi connectivity index (χ3v) is 4.10. The Hall–Kier alpha value is -0.540. The first kappa shape index (κ1) is 9.03. The van der Waals surface area contributed by atoms with E-state index in [0.717, 1.165) is 16.3 Å². The molecule has 1 N–H and O–H groups in total. The molecule has 0 saturated carbocycles. The first-order chi connectivity index (χ1) is 6.24. The lowest BCUT2D eigenvalue weighted by atomic mass is 10.1. The SMILES string of the molecule is CCc1ccc(O)c2c(Br)csc12. The van der Waals surface area contributed by atoms with Crippen molar-refractivity contribution in [3.63, 3.8) is 0 Å². The summed E-state index contributed by atoms with van der Waals surface area (Å²) in [7, 11) is 0. The van der Waals surface area contributed by atoms with E-state index < -0.39 is 0 Å². The third-order valence-electron chi connectivity index (χ3n) is 2.12. The van der Waals surface area contributed by atoms with Crippen LogP contribution in [0.25, 0.3) is 10.1 Å². The van der Waals surface area contributed by atoms with E-state index in [2.05, 4.69) is 22.9 Å². The summed E-state index contributed by atoms with van der Waals surface area (Å²) in [6, 6.07) is 3.75. The van der Waals surface area contributed by atoms with Crippen molar-refractivity contribution in [2.45, 2.75) is 13.3 Å². The highest BCUT2D eigenvalue weighted by atomic mass is 79.9. The molecule has 0 aliphatic rings. The van der Waals surface area contributed by atoms with Crippen molar-refractivity contribution in [1.82, 2.24) is 0 Å². The number of hydrogen-bond acceptors (Lipinski definition) is 2. The van der Waals surface area contributed by atoms with Crippen LogP contribution in [0.15, 0.2) is 22.0 Å². The molecule has 0 bridgehead atoms. The van der Waals surface area contributed by atoms with E-state index in [1.165, 1.54) is 10.3 Å². The van der Waals surface area contributed by atoms with Crippen molar-refractivity contribution in [3.05, 3.63) is 27.5 Å². The highest BCUT2D eigenvalue weighted by Gasteiger charge is 2.09. The lowest BCUT2D eigenvalue weighted by Gasteiger charge is -2.01. The Bertz CT molecular complexity index is 447. The quantitative estimate of drug-likeness (QED) is 0.820. The van der Waals surface area contributed by atoms with Crippen molar-refractivity contribution in [3.8, 4) is 5.75 Å². The zero-order valence-electron chi connectivity index (χ0n) is 7.17. The lowest BCUT2D eigenvalue weighted by Crippen LogP contribution is -1.79. The van der Waals surface area contributed by atoms with Gasteiger partial charge in [-0.15, -0.1) is 11.3 Å². The van der Waals surface area contributed by atoms with Crippen molar-refractivity contribution in [1.29, 1.82) is 0 Å². The first-order valence-electron chi connectivity index (χ1n) is 4.11. The molecule has 0 fully saturated rings. The molecule has 0 saturated heterocycles. The highest BCUT2D eigenvalue weighted by molar-refractivity contribution is 9.10. The smallest absolute Gasteiger partial charge is 0.125 e. The number of thiophene rings is 1. The zero-order chi connectivity index (χ0) is 9.42. The molecule has 1 aromatic carbocycles. The predicted molar refractivity (Wildman–Crippen MR) is 60.6 cm³/mol. The molecule has 0 atom stereocenters. The van der Waals surface area contributed by atoms with Crippen molar-refractivity contribution in [2.75, 3.05) is 0 Å². The molecule has 0 amide bonds. The molecule has 0 aliphatic carbocycles. The van der Waals surface area contributed by atoms with E-state index in [0.29, 0.717) is 5.75 Å². The van der Waals surface area contributed by atoms with Gasteiger partial charge >= 0.3 is 0 Å². The summed E-state index contributed by atoms with van der Waals surface area (Å²) >= 11 is 5.10. The summed E-state index contributed by atoms with van der Waals surface area (Å²) in [6.45, 7) is 2.12. The van der Waals surface area contributed by atoms with Gasteiger partial charge in [0.2, 0.25) is 0 Å². The Morgan fingerprint density at radius 1 is 1.46 bits per heavy atom. The van der Waals surface area contributed by atoms with Gasteiger partial charge in [0, 0.05) is 19.9 Å². The average Bonchev–Trinajstić information content (AvgIpc) is 2.50. The van der Waals surface area contributed by atoms with Crippen LogP contribution in [0.4, 0.5) is 0 Å². The molecule has 0 spiro atoms. The summed E-state index contributed by atoms with van der Waals surface area (Å²) in [4.78, 5) is 0. The number of aryl methyl sites for hydroxylation is 1. The summed E-state index contributed by atoms with van der Waals surface area (Å²) in [5.41, 5.74) is 1.29. The minimum Gasteiger partial charge on any atom is -0.507 e. The number of rotatable bonds is 1. The normalized spacial score (nSPS) is 10.9. The molecule has 68 valence electrons. The Morgan fingerprint density at radius 3 is 2.92 bits per heavy atom. The van der Waals surface area contributed by atoms with Gasteiger partial charge in [-0.25, -0.2) is 0 Å². The number of hydrogen-bond donors (Lipinski definition) is 1. The minimum atomic E-state index is 0.361. The van der Waals surface area contributed by atoms with Crippen molar-refractivity contribution >= 4 is 37.4 Å². The standard InChI is InChI=1S/C10H9BrOS/c1-2-6-3-4-8(12)9-7(11)5-13-10(6)9/h3-5,12H,2H2,1H3. The molecule has 0 radical (unpaired) electrons. The second-order valence-electron chi connectivity index (χ2n) is 2.89. The summed E-state index contributed by atoms with van der Waals surface area (Å²) in [6.07, 6.45) is 1.00. The Balaban J connectivity index is 2.87. The molecule has 0 aliphatic heterocycles. The van der Waals surface area contributed by atoms with E-state index in [4.69, 9.17) is 0 Å². The van der Waals surface area contributed by atoms with Crippen LogP contribution < -0.4 is 0 Å². The summed E-state index contributed by atoms with van der Waals surface area (Å²) < 4.78 is 2.18. The van der Waals surface area contributed by atoms with Gasteiger partial charge in [-0.3, -0.25) is 0 Å². The second kappa shape index (κ2) is 3.31. The van der Waals surface area contributed by atoms with Gasteiger partial charge in [-0.1, -0.05) is 13.0 Å². The fraction of sp³-hybridized carbons (Fsp3) is 0.200. The molecule has 1 heterocycles. The maximum absolute atomic E-state index is 9.64. The van der Waals surface area contributed by atoms with Crippen molar-refractivity contribution in [2.24, 2.45) is 0 Å². The van der Waals surface area contributed by atoms with Crippen molar-refractivity contribution < 1.29 is 5.11 Å². The zero-order valence-corrected chi connectivity index (χ0v) is 9.58. The minimum absolute atomic E-state index is 0.361. The van der Waals surface area contributed by atoms with Crippen LogP contribution in [0.3, 0.4) is 0 Å². The molecular formula is C10H9BrOS. The molecule has 3 heteroatoms. The van der Waals surface area contributed by atoms with Crippen LogP contribution in [0, 0.1) is 0 Å². The van der Waals surface area contributed by atoms with Crippen LogP contribution in [-0.2, 0) is 6.42 Å². The van der Waals surface area contributed by atoms with E-state index in [1.807, 2.05) is 11.4 Å². The van der Waals surface area contributed by atoms with Gasteiger partial charge in [0.05, 0.1) is 0 Å². The molecule has 1 nitrogen and oxygen atoms in total. The molecule has 1 aromatic heterocycles. The van der Waals surface area contributed by atoms with Crippen LogP contribution >= 0.6 is 27.3 Å². The number of phenols is 1. The fourth-order valence-corrected chi connectivity index (χ4v) is 3.28. The van der Waals surface area contributed by atoms with Gasteiger partial charge in [0.1, 0.15) is 5.75 Å². The maximum Gasteiger partial charge on any atom is 0.125 e. The summed E-state index contributed by atoms with van der Waals surface area (Å²) in [5.74, 6) is 0.361. The first-order valence-corrected chi connectivity index (χ1v) is 5.79. The predicted octanol–water partition coefficient (Wildman–Crippen LogP) is 3.93. The molecule has 2 rings (SSSR count). The van der Waals surface area contributed by atoms with Crippen LogP contribution in [0.5, 0.6) is 5.75 Å². The number of phenolic OH excluding ortho intramolecular Hbond substituents is 1. The number of fused-ring (bicyclic) bond motifs is 1. The molecule has 13 heavy (non-hydrogen) atoms. The number of aromatic hydroxyl groups is 1. The average molecular weight is 257 g/mol. The van der Waals surface area contributed by atoms with E-state index in [9.17, 15) is 5.11 Å². The second-order valence-corrected chi connectivity index (χ2v) is 4.62. The van der Waals surface area contributed by atoms with Gasteiger partial charge < -0.3 is 5.11 Å². The number of benzene rings is 1. The summed E-state index contributed by atoms with van der Waals surface area (Å²) in [5, 5.41) is 12.6. The topological polar surface area (TPSA) is 20.2 Å². The highest BCUT2D eigenvalue weighted by Crippen LogP contribution is 2.38. The lowest BCUT2D eigenvalue weighted by molar-refractivity contribution is 0.481. The van der Waals surface area contributed by atoms with E-state index in [1.54, 1.807) is 17.4 Å². The maximum atomic E-state index is 9.64. The molecule has 2 aromatic rings. The Labute approximate surface area is 89.1 Å². The number of halogens is 1. The third kappa shape index (κ3) is 1.36. The Morgan fingerprint density at radius 2 is 2.23 bits per heavy atom. The van der Waals surface area contributed by atoms with Crippen LogP contribution in [0.1, 0.15) is 12.5 Å². The van der Waals surface area contributed by atoms with Gasteiger partial charge in [0.15, 0.2) is 0 Å². The van der Waals surface area contributed by atoms with E-state index in [-0.39, 0.29) is 0 Å². The van der Waals surface area contributed by atoms with Gasteiger partial charge in [-0.2, -0.15) is 0 Å².